The van der Waals surface area contributed by atoms with Gasteiger partial charge in [-0.25, -0.2) is 4.39 Å². The first kappa shape index (κ1) is 13.0. The topological polar surface area (TPSA) is 29.3 Å². The van der Waals surface area contributed by atoms with Crippen molar-refractivity contribution in [3.8, 4) is 0 Å². The molecule has 1 atom stereocenters. The van der Waals surface area contributed by atoms with Crippen molar-refractivity contribution in [1.29, 1.82) is 0 Å². The van der Waals surface area contributed by atoms with Crippen LogP contribution in [0, 0.1) is 5.82 Å². The predicted octanol–water partition coefficient (Wildman–Crippen LogP) is 3.50. The van der Waals surface area contributed by atoms with Crippen molar-refractivity contribution in [2.45, 2.75) is 18.6 Å². The number of halogens is 2. The molecule has 1 fully saturated rings. The SMILES string of the molecule is CCC1CN(c2cc(F)c(Br)cc2N)CCS1. The Hall–Kier alpha value is -0.420. The van der Waals surface area contributed by atoms with E-state index in [4.69, 9.17) is 5.73 Å². The minimum atomic E-state index is -0.250. The summed E-state index contributed by atoms with van der Waals surface area (Å²) in [5.41, 5.74) is 7.43. The number of nitrogen functional groups attached to an aromatic ring is 1. The fraction of sp³-hybridized carbons (Fsp3) is 0.500. The average Bonchev–Trinajstić information content (AvgIpc) is 2.34. The Morgan fingerprint density at radius 3 is 3.06 bits per heavy atom. The molecule has 0 spiro atoms. The van der Waals surface area contributed by atoms with Crippen LogP contribution in [0.3, 0.4) is 0 Å². The molecule has 2 rings (SSSR count). The molecule has 0 aliphatic carbocycles. The Bertz CT molecular complexity index is 414. The predicted molar refractivity (Wildman–Crippen MR) is 77.3 cm³/mol. The van der Waals surface area contributed by atoms with Crippen LogP contribution in [0.25, 0.3) is 0 Å². The number of thioether (sulfide) groups is 1. The number of nitrogens with zero attached hydrogens (tertiary/aromatic N) is 1. The first-order chi connectivity index (χ1) is 8.11. The van der Waals surface area contributed by atoms with Gasteiger partial charge in [0.2, 0.25) is 0 Å². The lowest BCUT2D eigenvalue weighted by atomic mass is 10.2. The Kier molecular flexibility index (Phi) is 4.20. The van der Waals surface area contributed by atoms with Crippen LogP contribution < -0.4 is 10.6 Å². The number of anilines is 2. The van der Waals surface area contributed by atoms with E-state index in [1.165, 1.54) is 6.07 Å². The van der Waals surface area contributed by atoms with Crippen molar-refractivity contribution in [2.24, 2.45) is 0 Å². The van der Waals surface area contributed by atoms with Gasteiger partial charge in [-0.1, -0.05) is 6.92 Å². The van der Waals surface area contributed by atoms with Gasteiger partial charge in [0.25, 0.3) is 0 Å². The van der Waals surface area contributed by atoms with Gasteiger partial charge in [0.1, 0.15) is 5.82 Å². The number of hydrogen-bond donors (Lipinski definition) is 1. The van der Waals surface area contributed by atoms with Gasteiger partial charge in [0, 0.05) is 30.2 Å². The highest BCUT2D eigenvalue weighted by Crippen LogP contribution is 2.32. The molecule has 94 valence electrons. The molecule has 1 aliphatic heterocycles. The fourth-order valence-corrected chi connectivity index (χ4v) is 3.55. The van der Waals surface area contributed by atoms with Gasteiger partial charge in [-0.2, -0.15) is 11.8 Å². The molecule has 1 aliphatic rings. The second kappa shape index (κ2) is 5.48. The molecule has 0 amide bonds. The third-order valence-electron chi connectivity index (χ3n) is 3.00. The maximum atomic E-state index is 13.6. The van der Waals surface area contributed by atoms with E-state index in [0.717, 1.165) is 31.0 Å². The van der Waals surface area contributed by atoms with E-state index in [1.807, 2.05) is 11.8 Å². The molecule has 1 aromatic rings. The molecule has 0 radical (unpaired) electrons. The molecule has 1 aromatic carbocycles. The van der Waals surface area contributed by atoms with Gasteiger partial charge in [-0.3, -0.25) is 0 Å². The van der Waals surface area contributed by atoms with E-state index < -0.39 is 0 Å². The lowest BCUT2D eigenvalue weighted by Gasteiger charge is -2.34. The zero-order valence-corrected chi connectivity index (χ0v) is 12.2. The van der Waals surface area contributed by atoms with E-state index in [9.17, 15) is 4.39 Å². The van der Waals surface area contributed by atoms with Crippen LogP contribution in [-0.4, -0.2) is 24.1 Å². The van der Waals surface area contributed by atoms with Crippen LogP contribution in [0.5, 0.6) is 0 Å². The Balaban J connectivity index is 2.24. The minimum absolute atomic E-state index is 0.250. The summed E-state index contributed by atoms with van der Waals surface area (Å²) in [6, 6.07) is 3.18. The van der Waals surface area contributed by atoms with Gasteiger partial charge in [0.15, 0.2) is 0 Å². The molecular formula is C12H16BrFN2S. The molecular weight excluding hydrogens is 303 g/mol. The second-order valence-corrected chi connectivity index (χ2v) is 6.43. The van der Waals surface area contributed by atoms with Crippen LogP contribution in [0.2, 0.25) is 0 Å². The maximum Gasteiger partial charge on any atom is 0.139 e. The van der Waals surface area contributed by atoms with E-state index in [1.54, 1.807) is 6.07 Å². The molecule has 0 bridgehead atoms. The number of nitrogens with two attached hydrogens (primary N) is 1. The standard InChI is InChI=1S/C12H16BrFN2S/c1-2-8-7-16(3-4-17-8)12-6-10(14)9(13)5-11(12)15/h5-6,8H,2-4,7,15H2,1H3. The summed E-state index contributed by atoms with van der Waals surface area (Å²) in [4.78, 5) is 2.19. The highest BCUT2D eigenvalue weighted by Gasteiger charge is 2.21. The molecule has 0 saturated carbocycles. The second-order valence-electron chi connectivity index (χ2n) is 4.17. The first-order valence-electron chi connectivity index (χ1n) is 5.73. The van der Waals surface area contributed by atoms with Gasteiger partial charge in [0.05, 0.1) is 15.8 Å². The fourth-order valence-electron chi connectivity index (χ4n) is 2.01. The van der Waals surface area contributed by atoms with E-state index >= 15 is 0 Å². The van der Waals surface area contributed by atoms with E-state index in [-0.39, 0.29) is 5.82 Å². The summed E-state index contributed by atoms with van der Waals surface area (Å²) >= 11 is 5.14. The molecule has 0 aromatic heterocycles. The Morgan fingerprint density at radius 2 is 2.35 bits per heavy atom. The van der Waals surface area contributed by atoms with Crippen molar-refractivity contribution >= 4 is 39.1 Å². The molecule has 1 saturated heterocycles. The van der Waals surface area contributed by atoms with Crippen molar-refractivity contribution in [1.82, 2.24) is 0 Å². The van der Waals surface area contributed by atoms with Crippen LogP contribution in [0.1, 0.15) is 13.3 Å². The summed E-state index contributed by atoms with van der Waals surface area (Å²) in [5, 5.41) is 0.620. The van der Waals surface area contributed by atoms with Crippen LogP contribution in [0.15, 0.2) is 16.6 Å². The smallest absolute Gasteiger partial charge is 0.139 e. The highest BCUT2D eigenvalue weighted by atomic mass is 79.9. The summed E-state index contributed by atoms with van der Waals surface area (Å²) in [7, 11) is 0. The van der Waals surface area contributed by atoms with E-state index in [2.05, 4.69) is 27.8 Å². The number of rotatable bonds is 2. The zero-order valence-electron chi connectivity index (χ0n) is 9.75. The third-order valence-corrected chi connectivity index (χ3v) is 4.98. The Morgan fingerprint density at radius 1 is 1.59 bits per heavy atom. The van der Waals surface area contributed by atoms with Crippen molar-refractivity contribution in [3.05, 3.63) is 22.4 Å². The molecule has 5 heteroatoms. The summed E-state index contributed by atoms with van der Waals surface area (Å²) in [6.07, 6.45) is 1.14. The van der Waals surface area contributed by atoms with Crippen LogP contribution in [0.4, 0.5) is 15.8 Å². The average molecular weight is 319 g/mol. The van der Waals surface area contributed by atoms with E-state index in [0.29, 0.717) is 15.4 Å². The van der Waals surface area contributed by atoms with Gasteiger partial charge in [-0.15, -0.1) is 0 Å². The maximum absolute atomic E-state index is 13.6. The molecule has 17 heavy (non-hydrogen) atoms. The van der Waals surface area contributed by atoms with Crippen molar-refractivity contribution < 1.29 is 4.39 Å². The highest BCUT2D eigenvalue weighted by molar-refractivity contribution is 9.10. The first-order valence-corrected chi connectivity index (χ1v) is 7.57. The normalized spacial score (nSPS) is 20.6. The largest absolute Gasteiger partial charge is 0.397 e. The van der Waals surface area contributed by atoms with Crippen molar-refractivity contribution in [3.63, 3.8) is 0 Å². The lowest BCUT2D eigenvalue weighted by Crippen LogP contribution is -2.38. The quantitative estimate of drug-likeness (QED) is 0.846. The molecule has 1 heterocycles. The van der Waals surface area contributed by atoms with Crippen LogP contribution >= 0.6 is 27.7 Å². The van der Waals surface area contributed by atoms with Crippen molar-refractivity contribution in [2.75, 3.05) is 29.5 Å². The summed E-state index contributed by atoms with van der Waals surface area (Å²) in [6.45, 7) is 4.07. The van der Waals surface area contributed by atoms with Gasteiger partial charge < -0.3 is 10.6 Å². The molecule has 1 unspecified atom stereocenters. The van der Waals surface area contributed by atoms with Crippen LogP contribution in [-0.2, 0) is 0 Å². The summed E-state index contributed by atoms with van der Waals surface area (Å²) < 4.78 is 14.0. The number of hydrogen-bond acceptors (Lipinski definition) is 3. The molecule has 2 nitrogen and oxygen atoms in total. The zero-order chi connectivity index (χ0) is 12.4. The number of benzene rings is 1. The van der Waals surface area contributed by atoms with Gasteiger partial charge >= 0.3 is 0 Å². The summed E-state index contributed by atoms with van der Waals surface area (Å²) in [5.74, 6) is 0.829. The minimum Gasteiger partial charge on any atom is -0.397 e. The molecule has 2 N–H and O–H groups in total. The monoisotopic (exact) mass is 318 g/mol. The third kappa shape index (κ3) is 2.88. The Labute approximate surface area is 114 Å². The van der Waals surface area contributed by atoms with Gasteiger partial charge in [-0.05, 0) is 28.4 Å². The lowest BCUT2D eigenvalue weighted by molar-refractivity contribution is 0.619.